The van der Waals surface area contributed by atoms with Crippen molar-refractivity contribution < 1.29 is 0 Å². The summed E-state index contributed by atoms with van der Waals surface area (Å²) in [7, 11) is 0. The molecule has 0 aliphatic carbocycles. The van der Waals surface area contributed by atoms with Crippen LogP contribution >= 0.6 is 0 Å². The normalized spacial score (nSPS) is 11.0. The zero-order valence-electron chi connectivity index (χ0n) is 34.8. The molecule has 0 unspecified atom stereocenters. The number of para-hydroxylation sites is 1. The van der Waals surface area contributed by atoms with Crippen LogP contribution in [0.3, 0.4) is 0 Å². The number of fused-ring (bicyclic) bond motifs is 3. The van der Waals surface area contributed by atoms with Crippen LogP contribution in [0.1, 0.15) is 11.1 Å². The zero-order valence-corrected chi connectivity index (χ0v) is 34.8. The molecular formula is C58H35N7. The van der Waals surface area contributed by atoms with E-state index in [1.165, 1.54) is 0 Å². The average molecular weight is 830 g/mol. The third kappa shape index (κ3) is 7.26. The lowest BCUT2D eigenvalue weighted by Gasteiger charge is -2.17. The Labute approximate surface area is 375 Å². The maximum absolute atomic E-state index is 10.1. The minimum absolute atomic E-state index is 0.447. The Hall–Kier alpha value is -9.30. The summed E-state index contributed by atoms with van der Waals surface area (Å²) >= 11 is 0. The van der Waals surface area contributed by atoms with Crippen LogP contribution in [0.4, 0.5) is 0 Å². The molecular weight excluding hydrogens is 795 g/mol. The van der Waals surface area contributed by atoms with Crippen molar-refractivity contribution in [2.45, 2.75) is 0 Å². The van der Waals surface area contributed by atoms with E-state index in [1.54, 1.807) is 12.1 Å². The van der Waals surface area contributed by atoms with E-state index in [2.05, 4.69) is 120 Å². The highest BCUT2D eigenvalue weighted by atomic mass is 15.0. The van der Waals surface area contributed by atoms with Crippen molar-refractivity contribution in [1.82, 2.24) is 24.5 Å². The molecule has 65 heavy (non-hydrogen) atoms. The molecule has 0 saturated carbocycles. The van der Waals surface area contributed by atoms with Gasteiger partial charge in [-0.25, -0.2) is 19.9 Å². The second-order valence-electron chi connectivity index (χ2n) is 15.7. The third-order valence-electron chi connectivity index (χ3n) is 11.7. The number of nitrogens with zero attached hydrogens (tertiary/aromatic N) is 7. The highest BCUT2D eigenvalue weighted by Crippen LogP contribution is 2.41. The summed E-state index contributed by atoms with van der Waals surface area (Å²) in [6.07, 6.45) is 0. The van der Waals surface area contributed by atoms with Crippen LogP contribution in [0.2, 0.25) is 0 Å². The Morgan fingerprint density at radius 1 is 0.338 bits per heavy atom. The number of benzene rings is 8. The number of nitriles is 2. The van der Waals surface area contributed by atoms with Gasteiger partial charge in [-0.3, -0.25) is 0 Å². The molecule has 11 aromatic rings. The van der Waals surface area contributed by atoms with Crippen LogP contribution in [0.25, 0.3) is 106 Å². The Morgan fingerprint density at radius 3 is 1.45 bits per heavy atom. The van der Waals surface area contributed by atoms with Crippen molar-refractivity contribution in [1.29, 1.82) is 10.5 Å². The molecule has 8 aromatic carbocycles. The highest BCUT2D eigenvalue weighted by Gasteiger charge is 2.21. The van der Waals surface area contributed by atoms with Crippen molar-refractivity contribution >= 4 is 21.8 Å². The summed E-state index contributed by atoms with van der Waals surface area (Å²) in [4.78, 5) is 21.0. The molecule has 0 atom stereocenters. The van der Waals surface area contributed by atoms with Gasteiger partial charge in [0.2, 0.25) is 0 Å². The summed E-state index contributed by atoms with van der Waals surface area (Å²) in [5.74, 6) is 1.19. The number of rotatable bonds is 8. The first-order chi connectivity index (χ1) is 32.1. The Balaban J connectivity index is 1.19. The van der Waals surface area contributed by atoms with Gasteiger partial charge in [-0.15, -0.1) is 0 Å². The molecule has 3 aromatic heterocycles. The SMILES string of the molecule is N#Cc1ccc(-c2ccc3c(c2)c2ccccc2n3-c2ccc(-c3nc(-c4ccccc4)cc(-c4ccccc4)n3)cc2-c2cc(-c3ccccc3)nc(-c3ccccc3)n2)c(C#N)c1. The summed E-state index contributed by atoms with van der Waals surface area (Å²) in [6, 6.07) is 75.6. The van der Waals surface area contributed by atoms with Gasteiger partial charge in [-0.1, -0.05) is 152 Å². The minimum atomic E-state index is 0.447. The fraction of sp³-hybridized carbons (Fsp3) is 0. The van der Waals surface area contributed by atoms with Crippen molar-refractivity contribution in [2.24, 2.45) is 0 Å². The Morgan fingerprint density at radius 2 is 0.846 bits per heavy atom. The van der Waals surface area contributed by atoms with E-state index in [0.29, 0.717) is 22.8 Å². The molecule has 7 nitrogen and oxygen atoms in total. The Kier molecular flexibility index (Phi) is 9.82. The van der Waals surface area contributed by atoms with Gasteiger partial charge < -0.3 is 4.57 Å². The van der Waals surface area contributed by atoms with Crippen molar-refractivity contribution in [3.05, 3.63) is 223 Å². The van der Waals surface area contributed by atoms with Gasteiger partial charge in [0.05, 0.1) is 62.8 Å². The molecule has 0 aliphatic rings. The van der Waals surface area contributed by atoms with Gasteiger partial charge in [0, 0.05) is 44.2 Å². The highest BCUT2D eigenvalue weighted by molar-refractivity contribution is 6.11. The number of hydrogen-bond acceptors (Lipinski definition) is 6. The molecule has 3 heterocycles. The smallest absolute Gasteiger partial charge is 0.160 e. The molecule has 0 bridgehead atoms. The van der Waals surface area contributed by atoms with E-state index < -0.39 is 0 Å². The molecule has 0 fully saturated rings. The van der Waals surface area contributed by atoms with Crippen LogP contribution in [-0.2, 0) is 0 Å². The minimum Gasteiger partial charge on any atom is -0.309 e. The lowest BCUT2D eigenvalue weighted by atomic mass is 9.97. The van der Waals surface area contributed by atoms with Gasteiger partial charge in [-0.2, -0.15) is 10.5 Å². The van der Waals surface area contributed by atoms with Gasteiger partial charge in [-0.05, 0) is 71.8 Å². The molecule has 7 heteroatoms. The van der Waals surface area contributed by atoms with Crippen molar-refractivity contribution in [2.75, 3.05) is 0 Å². The maximum Gasteiger partial charge on any atom is 0.160 e. The lowest BCUT2D eigenvalue weighted by Crippen LogP contribution is -2.02. The van der Waals surface area contributed by atoms with Gasteiger partial charge in [0.1, 0.15) is 0 Å². The summed E-state index contributed by atoms with van der Waals surface area (Å²) < 4.78 is 2.29. The molecule has 0 spiro atoms. The van der Waals surface area contributed by atoms with E-state index in [1.807, 2.05) is 97.1 Å². The quantitative estimate of drug-likeness (QED) is 0.151. The first kappa shape index (κ1) is 38.6. The van der Waals surface area contributed by atoms with Gasteiger partial charge in [0.25, 0.3) is 0 Å². The molecule has 0 N–H and O–H groups in total. The predicted molar refractivity (Wildman–Crippen MR) is 259 cm³/mol. The third-order valence-corrected chi connectivity index (χ3v) is 11.7. The van der Waals surface area contributed by atoms with Crippen molar-refractivity contribution in [3.8, 4) is 96.8 Å². The molecule has 302 valence electrons. The molecule has 11 rings (SSSR count). The predicted octanol–water partition coefficient (Wildman–Crippen LogP) is 13.8. The first-order valence-corrected chi connectivity index (χ1v) is 21.2. The van der Waals surface area contributed by atoms with Crippen LogP contribution in [0, 0.1) is 22.7 Å². The standard InChI is InChI=1S/C58H35N7/c59-36-38-25-28-46(45(31-38)37-60)43-26-29-55-48(32-43)47-23-13-14-24-54(47)65(55)56-30-27-44(58-62-50(39-15-5-1-6-16-39)34-51(63-58)40-17-7-2-8-18-40)33-49(56)53-35-52(41-19-9-3-10-20-41)61-57(64-53)42-21-11-4-12-22-42/h1-35H. The van der Waals surface area contributed by atoms with E-state index in [9.17, 15) is 10.5 Å². The lowest BCUT2D eigenvalue weighted by molar-refractivity contribution is 1.14. The van der Waals surface area contributed by atoms with Gasteiger partial charge in [0.15, 0.2) is 11.6 Å². The Bertz CT molecular complexity index is 3550. The van der Waals surface area contributed by atoms with Crippen LogP contribution in [-0.4, -0.2) is 24.5 Å². The van der Waals surface area contributed by atoms with Crippen LogP contribution < -0.4 is 0 Å². The maximum atomic E-state index is 10.1. The molecule has 0 amide bonds. The average Bonchev–Trinajstić information content (AvgIpc) is 3.72. The fourth-order valence-electron chi connectivity index (χ4n) is 8.58. The molecule has 0 saturated heterocycles. The number of aromatic nitrogens is 5. The van der Waals surface area contributed by atoms with E-state index in [-0.39, 0.29) is 0 Å². The largest absolute Gasteiger partial charge is 0.309 e. The second-order valence-corrected chi connectivity index (χ2v) is 15.7. The summed E-state index contributed by atoms with van der Waals surface area (Å²) in [5, 5.41) is 21.8. The molecule has 0 radical (unpaired) electrons. The van der Waals surface area contributed by atoms with Gasteiger partial charge >= 0.3 is 0 Å². The second kappa shape index (κ2) is 16.5. The fourth-order valence-corrected chi connectivity index (χ4v) is 8.58. The molecule has 0 aliphatic heterocycles. The monoisotopic (exact) mass is 829 g/mol. The van der Waals surface area contributed by atoms with E-state index in [0.717, 1.165) is 94.8 Å². The number of hydrogen-bond donors (Lipinski definition) is 0. The summed E-state index contributed by atoms with van der Waals surface area (Å²) in [6.45, 7) is 0. The topological polar surface area (TPSA) is 104 Å². The first-order valence-electron chi connectivity index (χ1n) is 21.2. The zero-order chi connectivity index (χ0) is 43.7. The van der Waals surface area contributed by atoms with Crippen LogP contribution in [0.15, 0.2) is 212 Å². The van der Waals surface area contributed by atoms with Crippen LogP contribution in [0.5, 0.6) is 0 Å². The van der Waals surface area contributed by atoms with E-state index >= 15 is 0 Å². The van der Waals surface area contributed by atoms with Crippen molar-refractivity contribution in [3.63, 3.8) is 0 Å². The van der Waals surface area contributed by atoms with E-state index in [4.69, 9.17) is 19.9 Å². The summed E-state index contributed by atoms with van der Waals surface area (Å²) in [5.41, 5.74) is 14.2.